The fourth-order valence-corrected chi connectivity index (χ4v) is 3.61. The van der Waals surface area contributed by atoms with Gasteiger partial charge in [-0.25, -0.2) is 8.42 Å². The van der Waals surface area contributed by atoms with Crippen molar-refractivity contribution < 1.29 is 22.7 Å². The summed E-state index contributed by atoms with van der Waals surface area (Å²) < 4.78 is 36.6. The lowest BCUT2D eigenvalue weighted by Crippen LogP contribution is -2.40. The highest BCUT2D eigenvalue weighted by atomic mass is 32.2. The first-order chi connectivity index (χ1) is 11.1. The molecule has 0 atom stereocenters. The molecule has 8 nitrogen and oxygen atoms in total. The van der Waals surface area contributed by atoms with Crippen LogP contribution in [0.1, 0.15) is 23.8 Å². The summed E-state index contributed by atoms with van der Waals surface area (Å²) in [6.45, 7) is 5.04. The number of H-pyrrole nitrogens is 1. The lowest BCUT2D eigenvalue weighted by molar-refractivity contribution is 0.0730. The number of aromatic nitrogens is 1. The number of rotatable bonds is 8. The molecule has 1 aliphatic rings. The van der Waals surface area contributed by atoms with Crippen LogP contribution in [0.5, 0.6) is 0 Å². The van der Waals surface area contributed by atoms with Crippen molar-refractivity contribution in [3.05, 3.63) is 18.0 Å². The Kier molecular flexibility index (Phi) is 6.58. The number of hydrogen-bond donors (Lipinski definition) is 2. The molecule has 0 bridgehead atoms. The Morgan fingerprint density at radius 3 is 2.87 bits per heavy atom. The Morgan fingerprint density at radius 1 is 1.43 bits per heavy atom. The molecular formula is C14H23N3O5S. The highest BCUT2D eigenvalue weighted by Crippen LogP contribution is 2.17. The zero-order chi connectivity index (χ0) is 16.7. The number of sulfonamides is 1. The second kappa shape index (κ2) is 8.44. The van der Waals surface area contributed by atoms with Gasteiger partial charge in [-0.15, -0.1) is 0 Å². The number of nitrogens with one attached hydrogen (secondary N) is 2. The summed E-state index contributed by atoms with van der Waals surface area (Å²) in [7, 11) is -3.59. The SMILES string of the molecule is CCOCCCNC(=O)c1cc(S(=O)(=O)N2CCOCC2)c[nH]1. The van der Waals surface area contributed by atoms with Gasteiger partial charge < -0.3 is 19.8 Å². The van der Waals surface area contributed by atoms with Gasteiger partial charge in [0, 0.05) is 39.0 Å². The van der Waals surface area contributed by atoms with Crippen LogP contribution in [-0.4, -0.2) is 69.7 Å². The minimum atomic E-state index is -3.59. The fourth-order valence-electron chi connectivity index (χ4n) is 2.21. The van der Waals surface area contributed by atoms with Crippen molar-refractivity contribution in [2.75, 3.05) is 46.1 Å². The normalized spacial score (nSPS) is 16.4. The third-order valence-electron chi connectivity index (χ3n) is 3.46. The Bertz CT molecular complexity index is 608. The number of hydrogen-bond acceptors (Lipinski definition) is 5. The summed E-state index contributed by atoms with van der Waals surface area (Å²) >= 11 is 0. The topological polar surface area (TPSA) is 101 Å². The predicted molar refractivity (Wildman–Crippen MR) is 83.8 cm³/mol. The van der Waals surface area contributed by atoms with E-state index in [0.29, 0.717) is 52.5 Å². The number of ether oxygens (including phenoxy) is 2. The number of amides is 1. The third kappa shape index (κ3) is 4.77. The van der Waals surface area contributed by atoms with Crippen LogP contribution < -0.4 is 5.32 Å². The molecule has 0 spiro atoms. The molecule has 130 valence electrons. The van der Waals surface area contributed by atoms with Gasteiger partial charge in [-0.1, -0.05) is 0 Å². The maximum atomic E-state index is 12.5. The summed E-state index contributed by atoms with van der Waals surface area (Å²) in [5.41, 5.74) is 0.230. The Labute approximate surface area is 136 Å². The molecule has 0 unspecified atom stereocenters. The first kappa shape index (κ1) is 17.9. The molecule has 0 saturated carbocycles. The number of nitrogens with zero attached hydrogens (tertiary/aromatic N) is 1. The van der Waals surface area contributed by atoms with Gasteiger partial charge in [0.1, 0.15) is 10.6 Å². The number of morpholine rings is 1. The highest BCUT2D eigenvalue weighted by Gasteiger charge is 2.27. The molecule has 1 fully saturated rings. The lowest BCUT2D eigenvalue weighted by Gasteiger charge is -2.25. The molecule has 1 saturated heterocycles. The van der Waals surface area contributed by atoms with Crippen molar-refractivity contribution >= 4 is 15.9 Å². The van der Waals surface area contributed by atoms with E-state index in [4.69, 9.17) is 9.47 Å². The molecule has 0 radical (unpaired) electrons. The second-order valence-corrected chi connectivity index (χ2v) is 7.01. The van der Waals surface area contributed by atoms with Crippen LogP contribution in [0.2, 0.25) is 0 Å². The molecule has 0 aromatic carbocycles. The highest BCUT2D eigenvalue weighted by molar-refractivity contribution is 7.89. The number of aromatic amines is 1. The molecule has 1 aliphatic heterocycles. The average molecular weight is 345 g/mol. The predicted octanol–water partition coefficient (Wildman–Crippen LogP) is 0.192. The van der Waals surface area contributed by atoms with Crippen LogP contribution in [0, 0.1) is 0 Å². The first-order valence-electron chi connectivity index (χ1n) is 7.68. The van der Waals surface area contributed by atoms with E-state index >= 15 is 0 Å². The van der Waals surface area contributed by atoms with Gasteiger partial charge in [-0.2, -0.15) is 4.31 Å². The van der Waals surface area contributed by atoms with Gasteiger partial charge >= 0.3 is 0 Å². The summed E-state index contributed by atoms with van der Waals surface area (Å²) in [5.74, 6) is -0.329. The van der Waals surface area contributed by atoms with Crippen molar-refractivity contribution in [3.8, 4) is 0 Å². The summed E-state index contributed by atoms with van der Waals surface area (Å²) in [6.07, 6.45) is 2.05. The van der Waals surface area contributed by atoms with Gasteiger partial charge in [0.05, 0.1) is 13.2 Å². The van der Waals surface area contributed by atoms with E-state index in [1.54, 1.807) is 0 Å². The summed E-state index contributed by atoms with van der Waals surface area (Å²) in [4.78, 5) is 14.8. The van der Waals surface area contributed by atoms with Crippen molar-refractivity contribution in [2.24, 2.45) is 0 Å². The Morgan fingerprint density at radius 2 is 2.17 bits per heavy atom. The Balaban J connectivity index is 1.92. The fraction of sp³-hybridized carbons (Fsp3) is 0.643. The molecule has 9 heteroatoms. The summed E-state index contributed by atoms with van der Waals surface area (Å²) in [5, 5.41) is 2.72. The molecule has 2 heterocycles. The molecule has 2 N–H and O–H groups in total. The molecular weight excluding hydrogens is 322 g/mol. The second-order valence-electron chi connectivity index (χ2n) is 5.07. The van der Waals surface area contributed by atoms with E-state index < -0.39 is 10.0 Å². The van der Waals surface area contributed by atoms with Gasteiger partial charge in [-0.05, 0) is 19.4 Å². The lowest BCUT2D eigenvalue weighted by atomic mass is 10.4. The standard InChI is InChI=1S/C14H23N3O5S/c1-2-21-7-3-4-15-14(18)13-10-12(11-16-13)23(19,20)17-5-8-22-9-6-17/h10-11,16H,2-9H2,1H3,(H,15,18). The van der Waals surface area contributed by atoms with Crippen LogP contribution in [0.15, 0.2) is 17.2 Å². The van der Waals surface area contributed by atoms with Crippen molar-refractivity contribution in [2.45, 2.75) is 18.2 Å². The smallest absolute Gasteiger partial charge is 0.267 e. The van der Waals surface area contributed by atoms with E-state index in [9.17, 15) is 13.2 Å². The Hall–Kier alpha value is -1.42. The molecule has 0 aliphatic carbocycles. The van der Waals surface area contributed by atoms with E-state index in [-0.39, 0.29) is 16.5 Å². The average Bonchev–Trinajstić information content (AvgIpc) is 3.06. The zero-order valence-electron chi connectivity index (χ0n) is 13.2. The molecule has 1 amide bonds. The van der Waals surface area contributed by atoms with E-state index in [0.717, 1.165) is 0 Å². The number of carbonyl (C=O) groups is 1. The number of carbonyl (C=O) groups excluding carboxylic acids is 1. The summed E-state index contributed by atoms with van der Waals surface area (Å²) in [6, 6.07) is 1.36. The molecule has 2 rings (SSSR count). The van der Waals surface area contributed by atoms with E-state index in [1.165, 1.54) is 16.6 Å². The van der Waals surface area contributed by atoms with Crippen LogP contribution in [0.25, 0.3) is 0 Å². The van der Waals surface area contributed by atoms with Crippen LogP contribution in [0.3, 0.4) is 0 Å². The quantitative estimate of drug-likeness (QED) is 0.655. The maximum Gasteiger partial charge on any atom is 0.267 e. The van der Waals surface area contributed by atoms with E-state index in [1.807, 2.05) is 6.92 Å². The minimum Gasteiger partial charge on any atom is -0.382 e. The minimum absolute atomic E-state index is 0.0962. The largest absolute Gasteiger partial charge is 0.382 e. The van der Waals surface area contributed by atoms with Crippen LogP contribution in [0.4, 0.5) is 0 Å². The van der Waals surface area contributed by atoms with Crippen LogP contribution >= 0.6 is 0 Å². The van der Waals surface area contributed by atoms with Crippen LogP contribution in [-0.2, 0) is 19.5 Å². The van der Waals surface area contributed by atoms with E-state index in [2.05, 4.69) is 10.3 Å². The molecule has 1 aromatic heterocycles. The van der Waals surface area contributed by atoms with Crippen molar-refractivity contribution in [3.63, 3.8) is 0 Å². The van der Waals surface area contributed by atoms with Gasteiger partial charge in [0.2, 0.25) is 10.0 Å². The van der Waals surface area contributed by atoms with Gasteiger partial charge in [0.15, 0.2) is 0 Å². The first-order valence-corrected chi connectivity index (χ1v) is 9.12. The maximum absolute atomic E-state index is 12.5. The van der Waals surface area contributed by atoms with Crippen molar-refractivity contribution in [1.29, 1.82) is 0 Å². The molecule has 23 heavy (non-hydrogen) atoms. The molecule has 1 aromatic rings. The van der Waals surface area contributed by atoms with Crippen molar-refractivity contribution in [1.82, 2.24) is 14.6 Å². The van der Waals surface area contributed by atoms with Gasteiger partial charge in [-0.3, -0.25) is 4.79 Å². The third-order valence-corrected chi connectivity index (χ3v) is 5.34. The zero-order valence-corrected chi connectivity index (χ0v) is 14.0. The van der Waals surface area contributed by atoms with Gasteiger partial charge in [0.25, 0.3) is 5.91 Å². The monoisotopic (exact) mass is 345 g/mol.